The monoisotopic (exact) mass is 434 g/mol. The molecule has 144 valence electrons. The summed E-state index contributed by atoms with van der Waals surface area (Å²) in [6.07, 6.45) is 1.50. The Hall–Kier alpha value is -2.61. The molecule has 0 bridgehead atoms. The predicted octanol–water partition coefficient (Wildman–Crippen LogP) is 4.68. The maximum atomic E-state index is 12.2. The van der Waals surface area contributed by atoms with Crippen LogP contribution in [-0.4, -0.2) is 17.1 Å². The van der Waals surface area contributed by atoms with E-state index < -0.39 is 0 Å². The molecule has 0 aliphatic carbocycles. The molecule has 3 rings (SSSR count). The van der Waals surface area contributed by atoms with Crippen LogP contribution in [0.4, 0.5) is 5.13 Å². The van der Waals surface area contributed by atoms with Crippen molar-refractivity contribution in [2.24, 2.45) is 5.10 Å². The summed E-state index contributed by atoms with van der Waals surface area (Å²) < 4.78 is 5.85. The minimum absolute atomic E-state index is 0.203. The van der Waals surface area contributed by atoms with Crippen LogP contribution in [0, 0.1) is 6.92 Å². The van der Waals surface area contributed by atoms with Gasteiger partial charge < -0.3 is 10.5 Å². The molecule has 0 saturated heterocycles. The maximum Gasteiger partial charge on any atom is 0.283 e. The van der Waals surface area contributed by atoms with Gasteiger partial charge in [0.25, 0.3) is 5.91 Å². The molecule has 6 nitrogen and oxygen atoms in total. The number of aryl methyl sites for hydroxylation is 1. The summed E-state index contributed by atoms with van der Waals surface area (Å²) in [5.74, 6) is 0.207. The SMILES string of the molecule is Cc1nc(N)sc1C(=O)NN=Cc1ccccc1OCc1c(Cl)cccc1Cl. The third-order valence-electron chi connectivity index (χ3n) is 3.74. The molecule has 0 atom stereocenters. The number of hydrogen-bond donors (Lipinski definition) is 2. The van der Waals surface area contributed by atoms with Gasteiger partial charge in [-0.1, -0.05) is 52.7 Å². The fourth-order valence-electron chi connectivity index (χ4n) is 2.38. The molecule has 3 aromatic rings. The molecule has 0 unspecified atom stereocenters. The summed E-state index contributed by atoms with van der Waals surface area (Å²) in [6, 6.07) is 12.6. The number of hydrogen-bond acceptors (Lipinski definition) is 6. The number of halogens is 2. The standard InChI is InChI=1S/C19H16Cl2N4O2S/c1-11-17(28-19(22)24-11)18(26)25-23-9-12-5-2-3-8-16(12)27-10-13-14(20)6-4-7-15(13)21/h2-9H,10H2,1H3,(H2,22,24)(H,25,26). The molecule has 3 N–H and O–H groups in total. The van der Waals surface area contributed by atoms with Crippen LogP contribution in [0.1, 0.15) is 26.5 Å². The van der Waals surface area contributed by atoms with Gasteiger partial charge in [0.2, 0.25) is 0 Å². The Kier molecular flexibility index (Phi) is 6.51. The van der Waals surface area contributed by atoms with Crippen LogP contribution in [0.25, 0.3) is 0 Å². The van der Waals surface area contributed by atoms with Crippen molar-refractivity contribution in [3.8, 4) is 5.75 Å². The number of thiazole rings is 1. The van der Waals surface area contributed by atoms with Crippen molar-refractivity contribution in [3.63, 3.8) is 0 Å². The lowest BCUT2D eigenvalue weighted by molar-refractivity contribution is 0.0958. The number of amides is 1. The number of hydrazone groups is 1. The second kappa shape index (κ2) is 9.05. The van der Waals surface area contributed by atoms with E-state index in [1.165, 1.54) is 6.21 Å². The van der Waals surface area contributed by atoms with Crippen molar-refractivity contribution in [3.05, 3.63) is 74.2 Å². The third kappa shape index (κ3) is 4.81. The number of anilines is 1. The van der Waals surface area contributed by atoms with Crippen LogP contribution in [-0.2, 0) is 6.61 Å². The van der Waals surface area contributed by atoms with Gasteiger partial charge in [0.05, 0.1) is 11.9 Å². The number of nitrogens with zero attached hydrogens (tertiary/aromatic N) is 2. The molecule has 0 fully saturated rings. The number of aromatic nitrogens is 1. The zero-order chi connectivity index (χ0) is 20.1. The molecule has 0 saturated carbocycles. The molecule has 0 aliphatic rings. The van der Waals surface area contributed by atoms with Crippen molar-refractivity contribution in [1.82, 2.24) is 10.4 Å². The number of carbonyl (C=O) groups is 1. The van der Waals surface area contributed by atoms with Gasteiger partial charge in [-0.15, -0.1) is 0 Å². The Bertz CT molecular complexity index is 1020. The topological polar surface area (TPSA) is 89.6 Å². The Morgan fingerprint density at radius 2 is 1.96 bits per heavy atom. The number of carbonyl (C=O) groups excluding carboxylic acids is 1. The highest BCUT2D eigenvalue weighted by atomic mass is 35.5. The number of nitrogen functional groups attached to an aromatic ring is 1. The van der Waals surface area contributed by atoms with E-state index in [1.807, 2.05) is 18.2 Å². The van der Waals surface area contributed by atoms with Crippen LogP contribution < -0.4 is 15.9 Å². The number of para-hydroxylation sites is 1. The largest absolute Gasteiger partial charge is 0.488 e. The summed E-state index contributed by atoms with van der Waals surface area (Å²) in [7, 11) is 0. The second-order valence-electron chi connectivity index (χ2n) is 5.69. The van der Waals surface area contributed by atoms with Crippen molar-refractivity contribution in [2.75, 3.05) is 5.73 Å². The lowest BCUT2D eigenvalue weighted by Gasteiger charge is -2.11. The van der Waals surface area contributed by atoms with Gasteiger partial charge >= 0.3 is 0 Å². The molecular weight excluding hydrogens is 419 g/mol. The normalized spacial score (nSPS) is 11.0. The summed E-state index contributed by atoms with van der Waals surface area (Å²) in [4.78, 5) is 16.6. The molecule has 0 aliphatic heterocycles. The molecule has 0 radical (unpaired) electrons. The predicted molar refractivity (Wildman–Crippen MR) is 114 cm³/mol. The van der Waals surface area contributed by atoms with E-state index in [-0.39, 0.29) is 12.5 Å². The van der Waals surface area contributed by atoms with E-state index in [0.29, 0.717) is 42.6 Å². The molecular formula is C19H16Cl2N4O2S. The highest BCUT2D eigenvalue weighted by Gasteiger charge is 2.13. The van der Waals surface area contributed by atoms with Crippen molar-refractivity contribution < 1.29 is 9.53 Å². The Morgan fingerprint density at radius 3 is 2.64 bits per heavy atom. The Morgan fingerprint density at radius 1 is 1.25 bits per heavy atom. The third-order valence-corrected chi connectivity index (χ3v) is 5.44. The van der Waals surface area contributed by atoms with E-state index in [4.69, 9.17) is 33.7 Å². The van der Waals surface area contributed by atoms with Gasteiger partial charge in [-0.3, -0.25) is 4.79 Å². The number of ether oxygens (including phenoxy) is 1. The van der Waals surface area contributed by atoms with E-state index in [1.54, 1.807) is 31.2 Å². The molecule has 28 heavy (non-hydrogen) atoms. The van der Waals surface area contributed by atoms with E-state index in [2.05, 4.69) is 15.5 Å². The fraction of sp³-hybridized carbons (Fsp3) is 0.105. The first kappa shape index (κ1) is 20.1. The minimum Gasteiger partial charge on any atom is -0.488 e. The highest BCUT2D eigenvalue weighted by Crippen LogP contribution is 2.26. The average molecular weight is 435 g/mol. The second-order valence-corrected chi connectivity index (χ2v) is 7.54. The molecule has 1 amide bonds. The minimum atomic E-state index is -0.371. The first-order chi connectivity index (χ1) is 13.5. The van der Waals surface area contributed by atoms with Crippen LogP contribution in [0.5, 0.6) is 5.75 Å². The quantitative estimate of drug-likeness (QED) is 0.435. The van der Waals surface area contributed by atoms with Gasteiger partial charge in [-0.05, 0) is 31.2 Å². The van der Waals surface area contributed by atoms with Gasteiger partial charge in [0, 0.05) is 21.2 Å². The van der Waals surface area contributed by atoms with E-state index >= 15 is 0 Å². The first-order valence-electron chi connectivity index (χ1n) is 8.16. The number of rotatable bonds is 6. The fourth-order valence-corrected chi connectivity index (χ4v) is 3.61. The smallest absolute Gasteiger partial charge is 0.283 e. The Labute approximate surface area is 176 Å². The summed E-state index contributed by atoms with van der Waals surface area (Å²) >= 11 is 13.5. The zero-order valence-corrected chi connectivity index (χ0v) is 17.1. The molecule has 2 aromatic carbocycles. The summed E-state index contributed by atoms with van der Waals surface area (Å²) in [5, 5.41) is 5.40. The number of benzene rings is 2. The lowest BCUT2D eigenvalue weighted by Crippen LogP contribution is -2.17. The van der Waals surface area contributed by atoms with Crippen molar-refractivity contribution in [2.45, 2.75) is 13.5 Å². The van der Waals surface area contributed by atoms with Crippen LogP contribution >= 0.6 is 34.5 Å². The van der Waals surface area contributed by atoms with Crippen LogP contribution in [0.2, 0.25) is 10.0 Å². The number of nitrogens with two attached hydrogens (primary N) is 1. The van der Waals surface area contributed by atoms with E-state index in [9.17, 15) is 4.79 Å². The molecule has 9 heteroatoms. The van der Waals surface area contributed by atoms with Crippen molar-refractivity contribution in [1.29, 1.82) is 0 Å². The van der Waals surface area contributed by atoms with Gasteiger partial charge in [-0.2, -0.15) is 5.10 Å². The van der Waals surface area contributed by atoms with E-state index in [0.717, 1.165) is 11.3 Å². The van der Waals surface area contributed by atoms with Crippen molar-refractivity contribution >= 4 is 51.8 Å². The van der Waals surface area contributed by atoms with Gasteiger partial charge in [0.15, 0.2) is 5.13 Å². The Balaban J connectivity index is 1.69. The lowest BCUT2D eigenvalue weighted by atomic mass is 10.2. The summed E-state index contributed by atoms with van der Waals surface area (Å²) in [5.41, 5.74) is 10.0. The first-order valence-corrected chi connectivity index (χ1v) is 9.74. The maximum absolute atomic E-state index is 12.2. The molecule has 1 aromatic heterocycles. The zero-order valence-electron chi connectivity index (χ0n) is 14.8. The van der Waals surface area contributed by atoms with Crippen LogP contribution in [0.3, 0.4) is 0 Å². The van der Waals surface area contributed by atoms with Gasteiger partial charge in [-0.25, -0.2) is 10.4 Å². The molecule has 0 spiro atoms. The number of nitrogens with one attached hydrogen (secondary N) is 1. The average Bonchev–Trinajstić information content (AvgIpc) is 3.00. The highest BCUT2D eigenvalue weighted by molar-refractivity contribution is 7.17. The van der Waals surface area contributed by atoms with Crippen LogP contribution in [0.15, 0.2) is 47.6 Å². The molecule has 1 heterocycles. The van der Waals surface area contributed by atoms with Gasteiger partial charge in [0.1, 0.15) is 17.2 Å². The summed E-state index contributed by atoms with van der Waals surface area (Å²) in [6.45, 7) is 1.92.